The Balaban J connectivity index is 2.11. The Kier molecular flexibility index (Phi) is 7.17. The van der Waals surface area contributed by atoms with E-state index in [9.17, 15) is 4.39 Å². The van der Waals surface area contributed by atoms with Crippen molar-refractivity contribution < 1.29 is 4.39 Å². The van der Waals surface area contributed by atoms with Crippen molar-refractivity contribution in [2.24, 2.45) is 0 Å². The standard InChI is InChI=1S/C13H20ClFN2/c1-2-6-16-7-3-8-17-10-11-4-5-12(14)13(15)9-11/h4-5,9,16-17H,2-3,6-8,10H2,1H3. The van der Waals surface area contributed by atoms with Gasteiger partial charge in [0.15, 0.2) is 0 Å². The van der Waals surface area contributed by atoms with Gasteiger partial charge in [-0.25, -0.2) is 4.39 Å². The lowest BCUT2D eigenvalue weighted by atomic mass is 10.2. The van der Waals surface area contributed by atoms with Crippen molar-refractivity contribution in [1.29, 1.82) is 0 Å². The molecule has 0 bridgehead atoms. The van der Waals surface area contributed by atoms with E-state index in [1.807, 2.05) is 6.07 Å². The third-order valence-corrected chi connectivity index (χ3v) is 2.75. The average Bonchev–Trinajstić information content (AvgIpc) is 2.32. The summed E-state index contributed by atoms with van der Waals surface area (Å²) < 4.78 is 13.1. The lowest BCUT2D eigenvalue weighted by molar-refractivity contribution is 0.588. The molecule has 0 atom stereocenters. The minimum atomic E-state index is -0.351. The van der Waals surface area contributed by atoms with E-state index in [-0.39, 0.29) is 10.8 Å². The highest BCUT2D eigenvalue weighted by Crippen LogP contribution is 2.15. The van der Waals surface area contributed by atoms with E-state index in [4.69, 9.17) is 11.6 Å². The first-order chi connectivity index (χ1) is 8.24. The number of rotatable bonds is 8. The molecule has 0 fully saturated rings. The molecule has 0 aromatic heterocycles. The molecule has 0 aliphatic rings. The van der Waals surface area contributed by atoms with Crippen molar-refractivity contribution in [2.45, 2.75) is 26.3 Å². The van der Waals surface area contributed by atoms with Crippen LogP contribution in [0.4, 0.5) is 4.39 Å². The molecule has 2 nitrogen and oxygen atoms in total. The molecule has 0 aliphatic heterocycles. The fourth-order valence-corrected chi connectivity index (χ4v) is 1.64. The van der Waals surface area contributed by atoms with Gasteiger partial charge in [-0.2, -0.15) is 0 Å². The zero-order chi connectivity index (χ0) is 12.5. The van der Waals surface area contributed by atoms with Crippen LogP contribution in [0.15, 0.2) is 18.2 Å². The van der Waals surface area contributed by atoms with E-state index < -0.39 is 0 Å². The quantitative estimate of drug-likeness (QED) is 0.701. The van der Waals surface area contributed by atoms with Crippen molar-refractivity contribution in [3.8, 4) is 0 Å². The van der Waals surface area contributed by atoms with E-state index in [0.717, 1.165) is 38.0 Å². The maximum atomic E-state index is 13.1. The third kappa shape index (κ3) is 6.01. The average molecular weight is 259 g/mol. The lowest BCUT2D eigenvalue weighted by Gasteiger charge is -2.06. The van der Waals surface area contributed by atoms with Gasteiger partial charge in [0.1, 0.15) is 5.82 Å². The van der Waals surface area contributed by atoms with E-state index >= 15 is 0 Å². The Bertz CT molecular complexity index is 331. The predicted molar refractivity (Wildman–Crippen MR) is 70.9 cm³/mol. The lowest BCUT2D eigenvalue weighted by Crippen LogP contribution is -2.22. The minimum Gasteiger partial charge on any atom is -0.317 e. The summed E-state index contributed by atoms with van der Waals surface area (Å²) in [5, 5.41) is 6.79. The van der Waals surface area contributed by atoms with Crippen LogP contribution in [0.25, 0.3) is 0 Å². The summed E-state index contributed by atoms with van der Waals surface area (Å²) in [7, 11) is 0. The summed E-state index contributed by atoms with van der Waals surface area (Å²) in [6, 6.07) is 4.91. The summed E-state index contributed by atoms with van der Waals surface area (Å²) in [6.07, 6.45) is 2.24. The minimum absolute atomic E-state index is 0.178. The van der Waals surface area contributed by atoms with Crippen molar-refractivity contribution >= 4 is 11.6 Å². The molecule has 0 aliphatic carbocycles. The van der Waals surface area contributed by atoms with E-state index in [0.29, 0.717) is 6.54 Å². The van der Waals surface area contributed by atoms with Gasteiger partial charge >= 0.3 is 0 Å². The molecule has 1 rings (SSSR count). The summed E-state index contributed by atoms with van der Waals surface area (Å²) in [5.41, 5.74) is 0.924. The van der Waals surface area contributed by atoms with Gasteiger partial charge in [-0.05, 0) is 50.2 Å². The number of benzene rings is 1. The van der Waals surface area contributed by atoms with E-state index in [1.54, 1.807) is 6.07 Å². The van der Waals surface area contributed by atoms with Crippen LogP contribution in [0.1, 0.15) is 25.3 Å². The fraction of sp³-hybridized carbons (Fsp3) is 0.538. The van der Waals surface area contributed by atoms with Gasteiger partial charge in [0.2, 0.25) is 0 Å². The molecule has 2 N–H and O–H groups in total. The van der Waals surface area contributed by atoms with Gasteiger partial charge in [0, 0.05) is 6.54 Å². The van der Waals surface area contributed by atoms with Crippen LogP contribution in [0, 0.1) is 5.82 Å². The van der Waals surface area contributed by atoms with Gasteiger partial charge in [-0.1, -0.05) is 24.6 Å². The molecule has 1 aromatic carbocycles. The van der Waals surface area contributed by atoms with Crippen molar-refractivity contribution in [3.63, 3.8) is 0 Å². The number of hydrogen-bond acceptors (Lipinski definition) is 2. The van der Waals surface area contributed by atoms with Gasteiger partial charge in [-0.15, -0.1) is 0 Å². The van der Waals surface area contributed by atoms with E-state index in [1.165, 1.54) is 6.07 Å². The maximum Gasteiger partial charge on any atom is 0.142 e. The van der Waals surface area contributed by atoms with Crippen molar-refractivity contribution in [3.05, 3.63) is 34.6 Å². The molecule has 96 valence electrons. The Morgan fingerprint density at radius 3 is 2.65 bits per heavy atom. The smallest absolute Gasteiger partial charge is 0.142 e. The zero-order valence-corrected chi connectivity index (χ0v) is 11.0. The SMILES string of the molecule is CCCNCCCNCc1ccc(Cl)c(F)c1. The van der Waals surface area contributed by atoms with Crippen LogP contribution < -0.4 is 10.6 Å². The van der Waals surface area contributed by atoms with Crippen molar-refractivity contribution in [2.75, 3.05) is 19.6 Å². The highest BCUT2D eigenvalue weighted by atomic mass is 35.5. The Morgan fingerprint density at radius 1 is 1.18 bits per heavy atom. The first-order valence-electron chi connectivity index (χ1n) is 6.09. The Labute approximate surface area is 108 Å². The topological polar surface area (TPSA) is 24.1 Å². The van der Waals surface area contributed by atoms with Gasteiger partial charge in [0.05, 0.1) is 5.02 Å². The van der Waals surface area contributed by atoms with Gasteiger partial charge < -0.3 is 10.6 Å². The van der Waals surface area contributed by atoms with Crippen LogP contribution in [-0.4, -0.2) is 19.6 Å². The normalized spacial score (nSPS) is 10.8. The second-order valence-corrected chi connectivity index (χ2v) is 4.44. The van der Waals surface area contributed by atoms with Gasteiger partial charge in [0.25, 0.3) is 0 Å². The molecule has 0 spiro atoms. The molecular formula is C13H20ClFN2. The fourth-order valence-electron chi connectivity index (χ4n) is 1.52. The molecule has 17 heavy (non-hydrogen) atoms. The van der Waals surface area contributed by atoms with Crippen LogP contribution in [-0.2, 0) is 6.54 Å². The maximum absolute atomic E-state index is 13.1. The molecular weight excluding hydrogens is 239 g/mol. The molecule has 0 amide bonds. The van der Waals surface area contributed by atoms with Gasteiger partial charge in [-0.3, -0.25) is 0 Å². The highest BCUT2D eigenvalue weighted by Gasteiger charge is 2.00. The summed E-state index contributed by atoms with van der Waals surface area (Å²) >= 11 is 5.61. The molecule has 4 heteroatoms. The monoisotopic (exact) mass is 258 g/mol. The molecule has 0 unspecified atom stereocenters. The summed E-state index contributed by atoms with van der Waals surface area (Å²) in [4.78, 5) is 0. The second kappa shape index (κ2) is 8.45. The first kappa shape index (κ1) is 14.4. The van der Waals surface area contributed by atoms with Crippen LogP contribution in [0.3, 0.4) is 0 Å². The molecule has 0 saturated heterocycles. The predicted octanol–water partition coefficient (Wildman–Crippen LogP) is 2.96. The summed E-state index contributed by atoms with van der Waals surface area (Å²) in [5.74, 6) is -0.351. The largest absolute Gasteiger partial charge is 0.317 e. The number of halogens is 2. The van der Waals surface area contributed by atoms with Crippen LogP contribution in [0.2, 0.25) is 5.02 Å². The van der Waals surface area contributed by atoms with Crippen molar-refractivity contribution in [1.82, 2.24) is 10.6 Å². The molecule has 0 heterocycles. The number of hydrogen-bond donors (Lipinski definition) is 2. The number of nitrogens with one attached hydrogen (secondary N) is 2. The van der Waals surface area contributed by atoms with E-state index in [2.05, 4.69) is 17.6 Å². The molecule has 0 saturated carbocycles. The molecule has 1 aromatic rings. The highest BCUT2D eigenvalue weighted by molar-refractivity contribution is 6.30. The van der Waals surface area contributed by atoms with Crippen LogP contribution >= 0.6 is 11.6 Å². The Hall–Kier alpha value is -0.640. The Morgan fingerprint density at radius 2 is 1.94 bits per heavy atom. The summed E-state index contributed by atoms with van der Waals surface area (Å²) in [6.45, 7) is 5.86. The second-order valence-electron chi connectivity index (χ2n) is 4.03. The molecule has 0 radical (unpaired) electrons. The first-order valence-corrected chi connectivity index (χ1v) is 6.47. The van der Waals surface area contributed by atoms with Crippen LogP contribution in [0.5, 0.6) is 0 Å². The zero-order valence-electron chi connectivity index (χ0n) is 10.2. The third-order valence-electron chi connectivity index (χ3n) is 2.45.